The highest BCUT2D eigenvalue weighted by Gasteiger charge is 2.21. The average Bonchev–Trinajstić information content (AvgIpc) is 3.03. The Bertz CT molecular complexity index is 1580. The zero-order valence-electron chi connectivity index (χ0n) is 23.6. The van der Waals surface area contributed by atoms with E-state index in [1.807, 2.05) is 114 Å². The number of pyridine rings is 1. The molecule has 0 N–H and O–H groups in total. The second kappa shape index (κ2) is 14.2. The van der Waals surface area contributed by atoms with Crippen molar-refractivity contribution in [3.05, 3.63) is 136 Å². The summed E-state index contributed by atoms with van der Waals surface area (Å²) in [6.07, 6.45) is 4.22. The van der Waals surface area contributed by atoms with Crippen molar-refractivity contribution < 1.29 is 14.2 Å². The molecule has 0 amide bonds. The number of nitrogens with zero attached hydrogens (tertiary/aromatic N) is 1. The van der Waals surface area contributed by atoms with Crippen molar-refractivity contribution in [2.24, 2.45) is 0 Å². The highest BCUT2D eigenvalue weighted by Crippen LogP contribution is 2.36. The molecule has 41 heavy (non-hydrogen) atoms. The first kappa shape index (κ1) is 28.0. The molecular weight excluding hydrogens is 510 g/mol. The standard InChI is InChI=1S/C36H37NO4/c1-2-3-4-14-23-37-33-24-31(39-25-28-15-8-5-9-16-28)21-22-32(33)34(40-26-29-17-10-6-11-18-29)35(36(37)38)41-27-30-19-12-7-13-20-30/h5-13,15-22,24H,2-4,14,23,25-27H2,1H3. The molecule has 5 rings (SSSR count). The Hall–Kier alpha value is -4.51. The van der Waals surface area contributed by atoms with Crippen LogP contribution in [-0.4, -0.2) is 4.57 Å². The fraction of sp³-hybridized carbons (Fsp3) is 0.250. The minimum Gasteiger partial charge on any atom is -0.489 e. The maximum atomic E-state index is 14.1. The Morgan fingerprint density at radius 3 is 1.68 bits per heavy atom. The lowest BCUT2D eigenvalue weighted by Gasteiger charge is -2.20. The second-order valence-electron chi connectivity index (χ2n) is 10.2. The van der Waals surface area contributed by atoms with Gasteiger partial charge in [0.2, 0.25) is 5.75 Å². The quantitative estimate of drug-likeness (QED) is 0.131. The minimum atomic E-state index is -0.187. The van der Waals surface area contributed by atoms with Crippen LogP contribution in [0.1, 0.15) is 49.3 Å². The topological polar surface area (TPSA) is 49.7 Å². The molecule has 0 aliphatic carbocycles. The molecule has 210 valence electrons. The monoisotopic (exact) mass is 547 g/mol. The van der Waals surface area contributed by atoms with Crippen molar-refractivity contribution in [2.75, 3.05) is 0 Å². The lowest BCUT2D eigenvalue weighted by molar-refractivity contribution is 0.253. The predicted octanol–water partition coefficient (Wildman–Crippen LogP) is 8.32. The summed E-state index contributed by atoms with van der Waals surface area (Å²) in [5.74, 6) is 1.41. The fourth-order valence-corrected chi connectivity index (χ4v) is 4.86. The van der Waals surface area contributed by atoms with Crippen molar-refractivity contribution >= 4 is 10.9 Å². The number of benzene rings is 4. The third kappa shape index (κ3) is 7.37. The number of rotatable bonds is 14. The van der Waals surface area contributed by atoms with Crippen LogP contribution in [0.3, 0.4) is 0 Å². The van der Waals surface area contributed by atoms with E-state index in [0.717, 1.165) is 53.3 Å². The number of hydrogen-bond acceptors (Lipinski definition) is 4. The molecule has 0 aliphatic heterocycles. The fourth-order valence-electron chi connectivity index (χ4n) is 4.86. The smallest absolute Gasteiger partial charge is 0.297 e. The van der Waals surface area contributed by atoms with Gasteiger partial charge in [-0.05, 0) is 35.2 Å². The number of ether oxygens (including phenoxy) is 3. The van der Waals surface area contributed by atoms with Gasteiger partial charge in [0.05, 0.1) is 5.52 Å². The number of hydrogen-bond donors (Lipinski definition) is 0. The summed E-state index contributed by atoms with van der Waals surface area (Å²) in [6, 6.07) is 35.8. The highest BCUT2D eigenvalue weighted by molar-refractivity contribution is 5.89. The van der Waals surface area contributed by atoms with Crippen LogP contribution >= 0.6 is 0 Å². The number of unbranched alkanes of at least 4 members (excludes halogenated alkanes) is 3. The van der Waals surface area contributed by atoms with E-state index in [1.54, 1.807) is 0 Å². The molecule has 1 heterocycles. The molecule has 0 atom stereocenters. The third-order valence-electron chi connectivity index (χ3n) is 7.09. The van der Waals surface area contributed by atoms with E-state index in [0.29, 0.717) is 31.3 Å². The molecule has 0 saturated carbocycles. The molecule has 0 radical (unpaired) electrons. The van der Waals surface area contributed by atoms with Crippen molar-refractivity contribution in [2.45, 2.75) is 59.0 Å². The summed E-state index contributed by atoms with van der Waals surface area (Å²) in [7, 11) is 0. The van der Waals surface area contributed by atoms with Crippen LogP contribution in [0.5, 0.6) is 17.2 Å². The van der Waals surface area contributed by atoms with Crippen LogP contribution in [-0.2, 0) is 26.4 Å². The van der Waals surface area contributed by atoms with Gasteiger partial charge in [-0.2, -0.15) is 0 Å². The Labute approximate surface area is 242 Å². The van der Waals surface area contributed by atoms with Gasteiger partial charge >= 0.3 is 0 Å². The van der Waals surface area contributed by atoms with E-state index in [-0.39, 0.29) is 17.9 Å². The summed E-state index contributed by atoms with van der Waals surface area (Å²) < 4.78 is 20.6. The van der Waals surface area contributed by atoms with Gasteiger partial charge in [-0.1, -0.05) is 117 Å². The lowest BCUT2D eigenvalue weighted by atomic mass is 10.1. The van der Waals surface area contributed by atoms with E-state index >= 15 is 0 Å². The van der Waals surface area contributed by atoms with E-state index in [4.69, 9.17) is 14.2 Å². The first-order valence-electron chi connectivity index (χ1n) is 14.4. The van der Waals surface area contributed by atoms with Crippen LogP contribution in [0, 0.1) is 0 Å². The molecule has 5 nitrogen and oxygen atoms in total. The molecule has 0 unspecified atom stereocenters. The van der Waals surface area contributed by atoms with Crippen LogP contribution < -0.4 is 19.8 Å². The van der Waals surface area contributed by atoms with Crippen LogP contribution in [0.4, 0.5) is 0 Å². The second-order valence-corrected chi connectivity index (χ2v) is 10.2. The first-order chi connectivity index (χ1) is 20.2. The van der Waals surface area contributed by atoms with Gasteiger partial charge in [0.1, 0.15) is 25.6 Å². The van der Waals surface area contributed by atoms with Crippen molar-refractivity contribution in [3.8, 4) is 17.2 Å². The maximum absolute atomic E-state index is 14.1. The molecule has 0 fully saturated rings. The SMILES string of the molecule is CCCCCCn1c(=O)c(OCc2ccccc2)c(OCc2ccccc2)c2ccc(OCc3ccccc3)cc21. The zero-order valence-corrected chi connectivity index (χ0v) is 23.6. The Morgan fingerprint density at radius 1 is 0.585 bits per heavy atom. The Morgan fingerprint density at radius 2 is 1.12 bits per heavy atom. The van der Waals surface area contributed by atoms with Gasteiger partial charge in [-0.25, -0.2) is 0 Å². The number of aromatic nitrogens is 1. The number of aryl methyl sites for hydroxylation is 1. The lowest BCUT2D eigenvalue weighted by Crippen LogP contribution is -2.24. The van der Waals surface area contributed by atoms with Crippen LogP contribution in [0.15, 0.2) is 114 Å². The molecule has 0 bridgehead atoms. The average molecular weight is 548 g/mol. The molecule has 5 aromatic rings. The van der Waals surface area contributed by atoms with Gasteiger partial charge in [0.15, 0.2) is 5.75 Å². The molecule has 0 spiro atoms. The van der Waals surface area contributed by atoms with Crippen molar-refractivity contribution in [1.29, 1.82) is 0 Å². The van der Waals surface area contributed by atoms with E-state index in [1.165, 1.54) is 0 Å². The summed E-state index contributed by atoms with van der Waals surface area (Å²) in [4.78, 5) is 14.1. The van der Waals surface area contributed by atoms with Gasteiger partial charge < -0.3 is 18.8 Å². The van der Waals surface area contributed by atoms with E-state index < -0.39 is 0 Å². The summed E-state index contributed by atoms with van der Waals surface area (Å²) >= 11 is 0. The van der Waals surface area contributed by atoms with Gasteiger partial charge in [-0.15, -0.1) is 0 Å². The van der Waals surface area contributed by atoms with Crippen molar-refractivity contribution in [3.63, 3.8) is 0 Å². The highest BCUT2D eigenvalue weighted by atomic mass is 16.5. The first-order valence-corrected chi connectivity index (χ1v) is 14.4. The molecule has 0 saturated heterocycles. The molecule has 1 aromatic heterocycles. The van der Waals surface area contributed by atoms with E-state index in [2.05, 4.69) is 6.92 Å². The normalized spacial score (nSPS) is 11.0. The maximum Gasteiger partial charge on any atom is 0.297 e. The largest absolute Gasteiger partial charge is 0.489 e. The van der Waals surface area contributed by atoms with Crippen molar-refractivity contribution in [1.82, 2.24) is 4.57 Å². The van der Waals surface area contributed by atoms with Gasteiger partial charge in [0, 0.05) is 18.0 Å². The van der Waals surface area contributed by atoms with Gasteiger partial charge in [0.25, 0.3) is 5.56 Å². The predicted molar refractivity (Wildman–Crippen MR) is 165 cm³/mol. The number of fused-ring (bicyclic) bond motifs is 1. The zero-order chi connectivity index (χ0) is 28.3. The molecule has 0 aliphatic rings. The Balaban J connectivity index is 1.55. The third-order valence-corrected chi connectivity index (χ3v) is 7.09. The molecule has 5 heteroatoms. The van der Waals surface area contributed by atoms with Crippen LogP contribution in [0.25, 0.3) is 10.9 Å². The minimum absolute atomic E-state index is 0.187. The molecule has 4 aromatic carbocycles. The molecular formula is C36H37NO4. The summed E-state index contributed by atoms with van der Waals surface area (Å²) in [5.41, 5.74) is 3.68. The van der Waals surface area contributed by atoms with Crippen LogP contribution in [0.2, 0.25) is 0 Å². The van der Waals surface area contributed by atoms with Gasteiger partial charge in [-0.3, -0.25) is 4.79 Å². The summed E-state index contributed by atoms with van der Waals surface area (Å²) in [5, 5.41) is 0.825. The van der Waals surface area contributed by atoms with E-state index in [9.17, 15) is 4.79 Å². The Kier molecular flexibility index (Phi) is 9.72. The summed E-state index contributed by atoms with van der Waals surface area (Å²) in [6.45, 7) is 3.83.